The molecule has 1 aromatic carbocycles. The highest BCUT2D eigenvalue weighted by atomic mass is 16.3. The molecule has 3 heteroatoms. The minimum absolute atomic E-state index is 0.0532. The third kappa shape index (κ3) is 2.23. The molecule has 0 atom stereocenters. The summed E-state index contributed by atoms with van der Waals surface area (Å²) in [7, 11) is 3.98. The number of rotatable bonds is 3. The average Bonchev–Trinajstić information content (AvgIpc) is 2.87. The highest BCUT2D eigenvalue weighted by Crippen LogP contribution is 2.38. The van der Waals surface area contributed by atoms with E-state index in [1.807, 2.05) is 31.1 Å². The molecule has 15 heavy (non-hydrogen) atoms. The van der Waals surface area contributed by atoms with Crippen molar-refractivity contribution in [2.75, 3.05) is 19.0 Å². The maximum Gasteiger partial charge on any atom is 0.118 e. The highest BCUT2D eigenvalue weighted by molar-refractivity contribution is 5.52. The summed E-state index contributed by atoms with van der Waals surface area (Å²) >= 11 is 0. The molecule has 0 aliphatic heterocycles. The Morgan fingerprint density at radius 3 is 2.60 bits per heavy atom. The molecule has 0 radical (unpaired) electrons. The van der Waals surface area contributed by atoms with Crippen LogP contribution < -0.4 is 10.6 Å². The summed E-state index contributed by atoms with van der Waals surface area (Å²) in [5.41, 5.74) is 8.06. The second kappa shape index (κ2) is 3.42. The van der Waals surface area contributed by atoms with E-state index in [2.05, 4.69) is 0 Å². The predicted molar refractivity (Wildman–Crippen MR) is 62.3 cm³/mol. The first-order valence-electron chi connectivity index (χ1n) is 5.28. The molecule has 1 fully saturated rings. The molecule has 1 saturated carbocycles. The number of nitrogens with two attached hydrogens (primary N) is 1. The lowest BCUT2D eigenvalue weighted by atomic mass is 10.0. The van der Waals surface area contributed by atoms with Crippen LogP contribution in [0.2, 0.25) is 0 Å². The van der Waals surface area contributed by atoms with Crippen molar-refractivity contribution in [2.24, 2.45) is 5.73 Å². The van der Waals surface area contributed by atoms with Crippen molar-refractivity contribution in [3.8, 4) is 5.75 Å². The van der Waals surface area contributed by atoms with Crippen LogP contribution in [0.3, 0.4) is 0 Å². The minimum Gasteiger partial charge on any atom is -0.508 e. The van der Waals surface area contributed by atoms with Gasteiger partial charge in [-0.05, 0) is 43.0 Å². The van der Waals surface area contributed by atoms with E-state index in [0.29, 0.717) is 5.75 Å². The average molecular weight is 206 g/mol. The summed E-state index contributed by atoms with van der Waals surface area (Å²) < 4.78 is 0. The van der Waals surface area contributed by atoms with Crippen molar-refractivity contribution in [3.63, 3.8) is 0 Å². The number of hydrogen-bond acceptors (Lipinski definition) is 3. The molecule has 1 aliphatic rings. The second-order valence-electron chi connectivity index (χ2n) is 4.75. The summed E-state index contributed by atoms with van der Waals surface area (Å²) in [5, 5.41) is 9.73. The van der Waals surface area contributed by atoms with Crippen molar-refractivity contribution < 1.29 is 5.11 Å². The number of hydrogen-bond donors (Lipinski definition) is 2. The zero-order valence-corrected chi connectivity index (χ0v) is 9.33. The molecule has 0 aromatic heterocycles. The van der Waals surface area contributed by atoms with Crippen LogP contribution in [0.25, 0.3) is 0 Å². The smallest absolute Gasteiger partial charge is 0.118 e. The maximum absolute atomic E-state index is 9.73. The van der Waals surface area contributed by atoms with Crippen molar-refractivity contribution in [1.82, 2.24) is 0 Å². The Labute approximate surface area is 90.5 Å². The maximum atomic E-state index is 9.73. The zero-order chi connectivity index (χ0) is 11.1. The fraction of sp³-hybridized carbons (Fsp3) is 0.500. The van der Waals surface area contributed by atoms with Crippen molar-refractivity contribution in [1.29, 1.82) is 0 Å². The molecule has 0 saturated heterocycles. The van der Waals surface area contributed by atoms with Crippen molar-refractivity contribution in [2.45, 2.75) is 24.8 Å². The number of benzene rings is 1. The molecule has 0 bridgehead atoms. The number of phenols is 1. The number of nitrogens with zero attached hydrogens (tertiary/aromatic N) is 1. The first kappa shape index (κ1) is 10.3. The molecule has 2 rings (SSSR count). The van der Waals surface area contributed by atoms with Gasteiger partial charge in [0.1, 0.15) is 5.75 Å². The lowest BCUT2D eigenvalue weighted by molar-refractivity contribution is 0.463. The molecule has 0 spiro atoms. The Morgan fingerprint density at radius 2 is 2.07 bits per heavy atom. The van der Waals surface area contributed by atoms with Crippen LogP contribution in [0.15, 0.2) is 18.2 Å². The summed E-state index contributed by atoms with van der Waals surface area (Å²) in [6, 6.07) is 5.67. The van der Waals surface area contributed by atoms with Gasteiger partial charge in [-0.1, -0.05) is 0 Å². The zero-order valence-electron chi connectivity index (χ0n) is 9.33. The Balaban J connectivity index is 2.24. The van der Waals surface area contributed by atoms with E-state index in [9.17, 15) is 5.11 Å². The van der Waals surface area contributed by atoms with E-state index < -0.39 is 0 Å². The van der Waals surface area contributed by atoms with Gasteiger partial charge in [-0.25, -0.2) is 0 Å². The van der Waals surface area contributed by atoms with E-state index in [4.69, 9.17) is 5.73 Å². The van der Waals surface area contributed by atoms with Crippen LogP contribution in [-0.2, 0) is 6.42 Å². The highest BCUT2D eigenvalue weighted by Gasteiger charge is 2.38. The Bertz CT molecular complexity index is 370. The van der Waals surface area contributed by atoms with E-state index in [0.717, 1.165) is 30.5 Å². The molecule has 1 aliphatic carbocycles. The molecule has 0 heterocycles. The fourth-order valence-electron chi connectivity index (χ4n) is 1.71. The number of phenolic OH excluding ortho intramolecular Hbond substituents is 1. The first-order chi connectivity index (χ1) is 7.00. The van der Waals surface area contributed by atoms with E-state index >= 15 is 0 Å². The van der Waals surface area contributed by atoms with Crippen LogP contribution in [0, 0.1) is 0 Å². The Morgan fingerprint density at radius 1 is 1.40 bits per heavy atom. The van der Waals surface area contributed by atoms with Crippen LogP contribution in [-0.4, -0.2) is 24.7 Å². The monoisotopic (exact) mass is 206 g/mol. The van der Waals surface area contributed by atoms with Crippen LogP contribution in [0.1, 0.15) is 18.4 Å². The largest absolute Gasteiger partial charge is 0.508 e. The quantitative estimate of drug-likeness (QED) is 0.787. The Hall–Kier alpha value is -1.22. The SMILES string of the molecule is CN(C)c1ccc(O)c(CC2(N)CC2)c1. The van der Waals surface area contributed by atoms with Gasteiger partial charge in [-0.15, -0.1) is 0 Å². The molecule has 1 aromatic rings. The van der Waals surface area contributed by atoms with Crippen LogP contribution in [0.5, 0.6) is 5.75 Å². The topological polar surface area (TPSA) is 49.5 Å². The molecule has 3 nitrogen and oxygen atoms in total. The van der Waals surface area contributed by atoms with Crippen LogP contribution >= 0.6 is 0 Å². The molecule has 0 amide bonds. The number of aromatic hydroxyl groups is 1. The molecule has 3 N–H and O–H groups in total. The summed E-state index contributed by atoms with van der Waals surface area (Å²) in [6.07, 6.45) is 2.91. The molecular formula is C12H18N2O. The van der Waals surface area contributed by atoms with Gasteiger partial charge in [0, 0.05) is 25.3 Å². The third-order valence-corrected chi connectivity index (χ3v) is 3.01. The Kier molecular flexibility index (Phi) is 2.35. The second-order valence-corrected chi connectivity index (χ2v) is 4.75. The molecular weight excluding hydrogens is 188 g/mol. The van der Waals surface area contributed by atoms with Gasteiger partial charge < -0.3 is 15.7 Å². The van der Waals surface area contributed by atoms with Gasteiger partial charge >= 0.3 is 0 Å². The van der Waals surface area contributed by atoms with Gasteiger partial charge in [0.15, 0.2) is 0 Å². The van der Waals surface area contributed by atoms with E-state index in [1.165, 1.54) is 0 Å². The van der Waals surface area contributed by atoms with Gasteiger partial charge in [0.25, 0.3) is 0 Å². The lowest BCUT2D eigenvalue weighted by Crippen LogP contribution is -2.24. The van der Waals surface area contributed by atoms with Gasteiger partial charge in [-0.3, -0.25) is 0 Å². The van der Waals surface area contributed by atoms with E-state index in [1.54, 1.807) is 6.07 Å². The minimum atomic E-state index is -0.0532. The predicted octanol–water partition coefficient (Wildman–Crippen LogP) is 1.49. The van der Waals surface area contributed by atoms with Crippen molar-refractivity contribution >= 4 is 5.69 Å². The number of anilines is 1. The van der Waals surface area contributed by atoms with Gasteiger partial charge in [0.2, 0.25) is 0 Å². The summed E-state index contributed by atoms with van der Waals surface area (Å²) in [6.45, 7) is 0. The van der Waals surface area contributed by atoms with Crippen LogP contribution in [0.4, 0.5) is 5.69 Å². The molecule has 82 valence electrons. The van der Waals surface area contributed by atoms with Gasteiger partial charge in [0.05, 0.1) is 0 Å². The fourth-order valence-corrected chi connectivity index (χ4v) is 1.71. The van der Waals surface area contributed by atoms with Crippen molar-refractivity contribution in [3.05, 3.63) is 23.8 Å². The van der Waals surface area contributed by atoms with E-state index in [-0.39, 0.29) is 5.54 Å². The third-order valence-electron chi connectivity index (χ3n) is 3.01. The van der Waals surface area contributed by atoms with Gasteiger partial charge in [-0.2, -0.15) is 0 Å². The normalized spacial score (nSPS) is 17.5. The summed E-state index contributed by atoms with van der Waals surface area (Å²) in [4.78, 5) is 2.03. The first-order valence-corrected chi connectivity index (χ1v) is 5.28. The summed E-state index contributed by atoms with van der Waals surface area (Å²) in [5.74, 6) is 0.359. The molecule has 0 unspecified atom stereocenters. The lowest BCUT2D eigenvalue weighted by Gasteiger charge is -2.16. The standard InChI is InChI=1S/C12H18N2O/c1-14(2)10-3-4-11(15)9(7-10)8-12(13)5-6-12/h3-4,7,15H,5-6,8,13H2,1-2H3.